The number of amides is 1. The number of halogens is 1. The van der Waals surface area contributed by atoms with E-state index >= 15 is 0 Å². The number of thiophene rings is 1. The Hall–Kier alpha value is -3.43. The Labute approximate surface area is 183 Å². The minimum atomic E-state index is -0.794. The van der Waals surface area contributed by atoms with Crippen molar-refractivity contribution in [2.75, 3.05) is 5.32 Å². The summed E-state index contributed by atoms with van der Waals surface area (Å²) >= 11 is 2.71. The van der Waals surface area contributed by atoms with Gasteiger partial charge in [0, 0.05) is 10.9 Å². The number of benzene rings is 2. The van der Waals surface area contributed by atoms with Crippen LogP contribution in [-0.2, 0) is 4.79 Å². The normalized spacial score (nSPS) is 12.3. The van der Waals surface area contributed by atoms with Gasteiger partial charge in [-0.05, 0) is 36.8 Å². The summed E-state index contributed by atoms with van der Waals surface area (Å²) in [4.78, 5) is 35.4. The van der Waals surface area contributed by atoms with Crippen LogP contribution < -0.4 is 10.9 Å². The fraction of sp³-hybridized carbons (Fsp3) is 0.0909. The highest BCUT2D eigenvalue weighted by atomic mass is 32.1. The summed E-state index contributed by atoms with van der Waals surface area (Å²) in [7, 11) is 0. The summed E-state index contributed by atoms with van der Waals surface area (Å²) in [5.74, 6) is -0.708. The van der Waals surface area contributed by atoms with Crippen LogP contribution in [0.3, 0.4) is 0 Å². The first kappa shape index (κ1) is 19.5. The van der Waals surface area contributed by atoms with Crippen molar-refractivity contribution in [1.29, 1.82) is 0 Å². The van der Waals surface area contributed by atoms with Crippen LogP contribution in [0.4, 0.5) is 9.52 Å². The molecule has 1 unspecified atom stereocenters. The van der Waals surface area contributed by atoms with Crippen molar-refractivity contribution in [3.8, 4) is 11.1 Å². The quantitative estimate of drug-likeness (QED) is 0.415. The third kappa shape index (κ3) is 3.51. The molecule has 1 amide bonds. The zero-order valence-electron chi connectivity index (χ0n) is 16.2. The second-order valence-corrected chi connectivity index (χ2v) is 8.83. The topological polar surface area (TPSA) is 76.9 Å². The van der Waals surface area contributed by atoms with Crippen molar-refractivity contribution >= 4 is 54.1 Å². The zero-order chi connectivity index (χ0) is 21.5. The molecule has 3 aromatic heterocycles. The van der Waals surface area contributed by atoms with Gasteiger partial charge in [-0.3, -0.25) is 14.2 Å². The van der Waals surface area contributed by atoms with E-state index in [-0.39, 0.29) is 17.3 Å². The van der Waals surface area contributed by atoms with Gasteiger partial charge in [-0.2, -0.15) is 0 Å². The number of nitrogens with zero attached hydrogens (tertiary/aromatic N) is 3. The molecule has 0 fully saturated rings. The lowest BCUT2D eigenvalue weighted by atomic mass is 10.1. The Morgan fingerprint density at radius 1 is 1.16 bits per heavy atom. The van der Waals surface area contributed by atoms with Crippen LogP contribution in [0.25, 0.3) is 31.6 Å². The number of anilines is 1. The molecule has 9 heteroatoms. The van der Waals surface area contributed by atoms with Gasteiger partial charge in [-0.25, -0.2) is 14.4 Å². The maximum atomic E-state index is 13.3. The summed E-state index contributed by atoms with van der Waals surface area (Å²) < 4.78 is 15.6. The van der Waals surface area contributed by atoms with E-state index in [9.17, 15) is 14.0 Å². The molecule has 5 aromatic rings. The molecular formula is C22H15FN4O2S2. The first-order valence-electron chi connectivity index (χ1n) is 9.42. The van der Waals surface area contributed by atoms with Gasteiger partial charge in [-0.15, -0.1) is 11.3 Å². The molecule has 154 valence electrons. The van der Waals surface area contributed by atoms with E-state index in [1.807, 2.05) is 29.6 Å². The number of aromatic nitrogens is 3. The highest BCUT2D eigenvalue weighted by molar-refractivity contribution is 7.22. The van der Waals surface area contributed by atoms with Crippen LogP contribution in [0.5, 0.6) is 0 Å². The Morgan fingerprint density at radius 3 is 2.71 bits per heavy atom. The van der Waals surface area contributed by atoms with E-state index in [1.165, 1.54) is 45.7 Å². The van der Waals surface area contributed by atoms with Crippen molar-refractivity contribution in [1.82, 2.24) is 14.5 Å². The highest BCUT2D eigenvalue weighted by Crippen LogP contribution is 2.31. The number of carbonyl (C=O) groups is 1. The third-order valence-electron chi connectivity index (χ3n) is 5.00. The molecule has 0 saturated carbocycles. The van der Waals surface area contributed by atoms with E-state index in [2.05, 4.69) is 15.3 Å². The Bertz CT molecular complexity index is 1450. The minimum absolute atomic E-state index is 0.322. The molecule has 6 nitrogen and oxygen atoms in total. The molecular weight excluding hydrogens is 435 g/mol. The average Bonchev–Trinajstić information content (AvgIpc) is 3.38. The third-order valence-corrected chi connectivity index (χ3v) is 6.83. The summed E-state index contributed by atoms with van der Waals surface area (Å²) in [6, 6.07) is 12.8. The predicted molar refractivity (Wildman–Crippen MR) is 122 cm³/mol. The van der Waals surface area contributed by atoms with E-state index in [0.717, 1.165) is 15.8 Å². The number of nitrogens with one attached hydrogen (secondary N) is 1. The van der Waals surface area contributed by atoms with Crippen molar-refractivity contribution < 1.29 is 9.18 Å². The molecule has 0 bridgehead atoms. The lowest BCUT2D eigenvalue weighted by Crippen LogP contribution is -2.31. The van der Waals surface area contributed by atoms with Crippen LogP contribution in [0.2, 0.25) is 0 Å². The monoisotopic (exact) mass is 450 g/mol. The van der Waals surface area contributed by atoms with Crippen molar-refractivity contribution in [2.45, 2.75) is 13.0 Å². The molecule has 0 aliphatic carbocycles. The van der Waals surface area contributed by atoms with Gasteiger partial charge in [0.25, 0.3) is 5.56 Å². The van der Waals surface area contributed by atoms with Gasteiger partial charge < -0.3 is 5.32 Å². The van der Waals surface area contributed by atoms with Crippen molar-refractivity contribution in [3.05, 3.63) is 76.4 Å². The molecule has 0 saturated heterocycles. The van der Waals surface area contributed by atoms with Crippen LogP contribution in [0.1, 0.15) is 13.0 Å². The first-order chi connectivity index (χ1) is 15.0. The van der Waals surface area contributed by atoms with Gasteiger partial charge in [0.2, 0.25) is 5.91 Å². The molecule has 0 radical (unpaired) electrons. The smallest absolute Gasteiger partial charge is 0.263 e. The number of hydrogen-bond donors (Lipinski definition) is 1. The molecule has 0 spiro atoms. The summed E-state index contributed by atoms with van der Waals surface area (Å²) in [5, 5.41) is 5.51. The molecule has 31 heavy (non-hydrogen) atoms. The predicted octanol–water partition coefficient (Wildman–Crippen LogP) is 5.07. The number of fused-ring (bicyclic) bond motifs is 2. The minimum Gasteiger partial charge on any atom is -0.300 e. The molecule has 0 aliphatic rings. The number of thiazole rings is 1. The van der Waals surface area contributed by atoms with Gasteiger partial charge in [0.05, 0.1) is 21.9 Å². The van der Waals surface area contributed by atoms with Gasteiger partial charge in [0.15, 0.2) is 5.13 Å². The lowest BCUT2D eigenvalue weighted by Gasteiger charge is -2.14. The standard InChI is InChI=1S/C22H15FN4O2S2/c1-12(19(28)26-22-25-16-4-2-3-5-17(16)31-22)27-11-24-20-18(21(27)29)15(10-30-20)13-6-8-14(23)9-7-13/h2-12H,1H3,(H,25,26,28). The second kappa shape index (κ2) is 7.68. The maximum Gasteiger partial charge on any atom is 0.263 e. The fourth-order valence-electron chi connectivity index (χ4n) is 3.33. The first-order valence-corrected chi connectivity index (χ1v) is 11.1. The van der Waals surface area contributed by atoms with E-state index in [1.54, 1.807) is 19.1 Å². The SMILES string of the molecule is CC(C(=O)Nc1nc2ccccc2s1)n1cnc2scc(-c3ccc(F)cc3)c2c1=O. The molecule has 0 aliphatic heterocycles. The van der Waals surface area contributed by atoms with Crippen LogP contribution in [0.15, 0.2) is 65.0 Å². The molecule has 1 atom stereocenters. The van der Waals surface area contributed by atoms with Crippen LogP contribution >= 0.6 is 22.7 Å². The van der Waals surface area contributed by atoms with E-state index in [0.29, 0.717) is 20.9 Å². The number of hydrogen-bond acceptors (Lipinski definition) is 6. The summed E-state index contributed by atoms with van der Waals surface area (Å²) in [6.45, 7) is 1.64. The van der Waals surface area contributed by atoms with E-state index in [4.69, 9.17) is 0 Å². The Balaban J connectivity index is 1.49. The number of para-hydroxylation sites is 1. The molecule has 3 heterocycles. The Kier molecular flexibility index (Phi) is 4.84. The van der Waals surface area contributed by atoms with Crippen LogP contribution in [0, 0.1) is 5.82 Å². The number of rotatable bonds is 4. The van der Waals surface area contributed by atoms with Gasteiger partial charge in [-0.1, -0.05) is 35.6 Å². The van der Waals surface area contributed by atoms with Crippen molar-refractivity contribution in [2.24, 2.45) is 0 Å². The van der Waals surface area contributed by atoms with Gasteiger partial charge in [0.1, 0.15) is 16.7 Å². The average molecular weight is 451 g/mol. The fourth-order valence-corrected chi connectivity index (χ4v) is 5.10. The van der Waals surface area contributed by atoms with Crippen molar-refractivity contribution in [3.63, 3.8) is 0 Å². The number of carbonyl (C=O) groups excluding carboxylic acids is 1. The summed E-state index contributed by atoms with van der Waals surface area (Å²) in [5.41, 5.74) is 1.87. The highest BCUT2D eigenvalue weighted by Gasteiger charge is 2.21. The van der Waals surface area contributed by atoms with E-state index < -0.39 is 6.04 Å². The molecule has 5 rings (SSSR count). The molecule has 1 N–H and O–H groups in total. The second-order valence-electron chi connectivity index (χ2n) is 6.95. The lowest BCUT2D eigenvalue weighted by molar-refractivity contribution is -0.118. The largest absolute Gasteiger partial charge is 0.300 e. The summed E-state index contributed by atoms with van der Waals surface area (Å²) in [6.07, 6.45) is 1.39. The Morgan fingerprint density at radius 2 is 1.94 bits per heavy atom. The molecule has 2 aromatic carbocycles. The van der Waals surface area contributed by atoms with Crippen LogP contribution in [-0.4, -0.2) is 20.4 Å². The maximum absolute atomic E-state index is 13.3. The zero-order valence-corrected chi connectivity index (χ0v) is 17.8. The van der Waals surface area contributed by atoms with Gasteiger partial charge >= 0.3 is 0 Å².